The van der Waals surface area contributed by atoms with Gasteiger partial charge in [0.05, 0.1) is 27.3 Å². The fourth-order valence-corrected chi connectivity index (χ4v) is 6.74. The molecule has 0 radical (unpaired) electrons. The van der Waals surface area contributed by atoms with Crippen molar-refractivity contribution >= 4 is 34.6 Å². The molecule has 4 aromatic rings. The number of carbonyl (C=O) groups excluding carboxylic acids is 4. The summed E-state index contributed by atoms with van der Waals surface area (Å²) in [5.41, 5.74) is 2.73. The number of nitrogens with zero attached hydrogens (tertiary/aromatic N) is 4. The van der Waals surface area contributed by atoms with Crippen LogP contribution in [-0.2, 0) is 38.6 Å². The van der Waals surface area contributed by atoms with Crippen LogP contribution in [0.25, 0.3) is 10.8 Å². The van der Waals surface area contributed by atoms with E-state index in [9.17, 15) is 19.2 Å². The number of hydrogen-bond donors (Lipinski definition) is 1. The van der Waals surface area contributed by atoms with E-state index in [1.807, 2.05) is 95.7 Å². The first-order valence-electron chi connectivity index (χ1n) is 17.1. The molecule has 6 rings (SSSR count). The molecule has 0 unspecified atom stereocenters. The molecule has 0 spiro atoms. The molecule has 4 aromatic carbocycles. The molecular weight excluding hydrogens is 650 g/mol. The van der Waals surface area contributed by atoms with Crippen LogP contribution >= 0.6 is 0 Å². The van der Waals surface area contributed by atoms with Gasteiger partial charge in [0.25, 0.3) is 0 Å². The van der Waals surface area contributed by atoms with Gasteiger partial charge in [0.1, 0.15) is 23.7 Å². The van der Waals surface area contributed by atoms with Crippen molar-refractivity contribution in [3.8, 4) is 11.5 Å². The Kier molecular flexibility index (Phi) is 11.0. The van der Waals surface area contributed by atoms with Crippen molar-refractivity contribution in [2.24, 2.45) is 0 Å². The van der Waals surface area contributed by atoms with Crippen LogP contribution in [0.4, 0.5) is 4.79 Å². The maximum absolute atomic E-state index is 14.4. The number of nitrogens with one attached hydrogen (secondary N) is 1. The molecule has 2 aliphatic heterocycles. The van der Waals surface area contributed by atoms with Crippen molar-refractivity contribution < 1.29 is 33.4 Å². The Bertz CT molecular complexity index is 1860. The van der Waals surface area contributed by atoms with E-state index in [1.54, 1.807) is 29.2 Å². The van der Waals surface area contributed by atoms with Gasteiger partial charge < -0.3 is 29.3 Å². The number of fused-ring (bicyclic) bond motifs is 2. The van der Waals surface area contributed by atoms with E-state index in [4.69, 9.17) is 9.47 Å². The Hall–Kier alpha value is -5.62. The van der Waals surface area contributed by atoms with E-state index in [0.717, 1.165) is 33.2 Å². The van der Waals surface area contributed by atoms with Crippen molar-refractivity contribution in [3.05, 3.63) is 108 Å². The SMILES string of the molecule is CCCN(C(=O)NCc1ccc(OC)cc1)N1CC(=O)N2[C@@H](Cc3ccc(OCC(=O)OC)cc3)C(=O)N(Cc3cccc4ccccc34)C[C@@H]21. The number of methoxy groups -OCH3 is 2. The Morgan fingerprint density at radius 1 is 0.882 bits per heavy atom. The Morgan fingerprint density at radius 2 is 1.59 bits per heavy atom. The zero-order valence-electron chi connectivity index (χ0n) is 29.1. The van der Waals surface area contributed by atoms with Crippen LogP contribution in [-0.4, -0.2) is 96.3 Å². The number of hydrogen-bond acceptors (Lipinski definition) is 8. The second kappa shape index (κ2) is 15.9. The molecule has 0 aliphatic carbocycles. The largest absolute Gasteiger partial charge is 0.497 e. The minimum atomic E-state index is -0.802. The Balaban J connectivity index is 1.27. The van der Waals surface area contributed by atoms with Gasteiger partial charge in [-0.25, -0.2) is 9.59 Å². The van der Waals surface area contributed by atoms with Gasteiger partial charge in [0, 0.05) is 26.1 Å². The Labute approximate surface area is 297 Å². The van der Waals surface area contributed by atoms with Crippen LogP contribution in [0.15, 0.2) is 91.0 Å². The van der Waals surface area contributed by atoms with Gasteiger partial charge in [-0.3, -0.25) is 14.6 Å². The minimum absolute atomic E-state index is 0.0349. The van der Waals surface area contributed by atoms with E-state index in [0.29, 0.717) is 31.8 Å². The van der Waals surface area contributed by atoms with Gasteiger partial charge in [-0.1, -0.05) is 73.7 Å². The summed E-state index contributed by atoms with van der Waals surface area (Å²) in [6.45, 7) is 3.00. The number of ether oxygens (including phenoxy) is 3. The van der Waals surface area contributed by atoms with Crippen LogP contribution in [0.1, 0.15) is 30.0 Å². The quantitative estimate of drug-likeness (QED) is 0.205. The second-order valence-corrected chi connectivity index (χ2v) is 12.6. The summed E-state index contributed by atoms with van der Waals surface area (Å²) < 4.78 is 15.4. The highest BCUT2D eigenvalue weighted by Crippen LogP contribution is 2.31. The van der Waals surface area contributed by atoms with Gasteiger partial charge in [-0.15, -0.1) is 0 Å². The first-order chi connectivity index (χ1) is 24.8. The van der Waals surface area contributed by atoms with Crippen molar-refractivity contribution in [1.29, 1.82) is 0 Å². The topological polar surface area (TPSA) is 121 Å². The monoisotopic (exact) mass is 693 g/mol. The predicted molar refractivity (Wildman–Crippen MR) is 190 cm³/mol. The van der Waals surface area contributed by atoms with E-state index >= 15 is 0 Å². The van der Waals surface area contributed by atoms with Crippen LogP contribution in [0.5, 0.6) is 11.5 Å². The lowest BCUT2D eigenvalue weighted by atomic mass is 9.99. The number of hydrazine groups is 1. The summed E-state index contributed by atoms with van der Waals surface area (Å²) in [6, 6.07) is 27.6. The van der Waals surface area contributed by atoms with E-state index in [2.05, 4.69) is 10.1 Å². The number of esters is 1. The van der Waals surface area contributed by atoms with Crippen LogP contribution in [0, 0.1) is 0 Å². The summed E-state index contributed by atoms with van der Waals surface area (Å²) in [5.74, 6) is 0.337. The molecule has 0 saturated carbocycles. The zero-order chi connectivity index (χ0) is 35.9. The fourth-order valence-electron chi connectivity index (χ4n) is 6.74. The predicted octanol–water partition coefficient (Wildman–Crippen LogP) is 4.36. The minimum Gasteiger partial charge on any atom is -0.497 e. The molecule has 12 heteroatoms. The maximum atomic E-state index is 14.4. The molecule has 2 atom stereocenters. The van der Waals surface area contributed by atoms with Crippen LogP contribution in [0.3, 0.4) is 0 Å². The normalized spacial score (nSPS) is 17.3. The lowest BCUT2D eigenvalue weighted by molar-refractivity contribution is -0.157. The standard InChI is InChI=1S/C39H43N5O7/c1-4-20-42(39(48)40-22-28-14-16-31(49-2)17-15-28)43-25-36(45)44-34(21-27-12-18-32(19-13-27)51-26-37(46)50-3)38(47)41(24-35(43)44)23-30-10-7-9-29-8-5-6-11-33(29)30/h5-19,34-35H,4,20-26H2,1-3H3,(H,40,48)/t34-,35+/m0/s1. The van der Waals surface area contributed by atoms with Gasteiger partial charge in [0.2, 0.25) is 11.8 Å². The van der Waals surface area contributed by atoms with E-state index in [1.165, 1.54) is 7.11 Å². The van der Waals surface area contributed by atoms with Gasteiger partial charge >= 0.3 is 12.0 Å². The highest BCUT2D eigenvalue weighted by molar-refractivity contribution is 5.92. The molecule has 1 N–H and O–H groups in total. The average Bonchev–Trinajstić information content (AvgIpc) is 3.48. The van der Waals surface area contributed by atoms with Crippen molar-refractivity contribution in [2.75, 3.05) is 40.5 Å². The third kappa shape index (κ3) is 7.91. The van der Waals surface area contributed by atoms with Gasteiger partial charge in [0.15, 0.2) is 6.61 Å². The number of urea groups is 1. The lowest BCUT2D eigenvalue weighted by Gasteiger charge is -2.46. The highest BCUT2D eigenvalue weighted by Gasteiger charge is 2.52. The third-order valence-corrected chi connectivity index (χ3v) is 9.33. The second-order valence-electron chi connectivity index (χ2n) is 12.6. The fraction of sp³-hybridized carbons (Fsp3) is 0.333. The summed E-state index contributed by atoms with van der Waals surface area (Å²) in [7, 11) is 2.90. The van der Waals surface area contributed by atoms with E-state index < -0.39 is 18.2 Å². The van der Waals surface area contributed by atoms with Crippen molar-refractivity contribution in [3.63, 3.8) is 0 Å². The first kappa shape index (κ1) is 35.2. The summed E-state index contributed by atoms with van der Waals surface area (Å²) in [6.07, 6.45) is 0.367. The molecule has 0 bridgehead atoms. The molecular formula is C39H43N5O7. The van der Waals surface area contributed by atoms with Gasteiger partial charge in [-0.05, 0) is 58.1 Å². The smallest absolute Gasteiger partial charge is 0.343 e. The average molecular weight is 694 g/mol. The van der Waals surface area contributed by atoms with Crippen molar-refractivity contribution in [2.45, 2.75) is 45.1 Å². The van der Waals surface area contributed by atoms with Crippen molar-refractivity contribution in [1.82, 2.24) is 25.1 Å². The third-order valence-electron chi connectivity index (χ3n) is 9.33. The summed E-state index contributed by atoms with van der Waals surface area (Å²) >= 11 is 0. The molecule has 2 aliphatic rings. The molecule has 2 saturated heterocycles. The molecule has 51 heavy (non-hydrogen) atoms. The molecule has 12 nitrogen and oxygen atoms in total. The first-order valence-corrected chi connectivity index (χ1v) is 17.1. The lowest BCUT2D eigenvalue weighted by Crippen LogP contribution is -2.66. The number of rotatable bonds is 13. The zero-order valence-corrected chi connectivity index (χ0v) is 29.1. The molecule has 2 fully saturated rings. The molecule has 266 valence electrons. The highest BCUT2D eigenvalue weighted by atomic mass is 16.6. The van der Waals surface area contributed by atoms with Crippen LogP contribution in [0.2, 0.25) is 0 Å². The number of carbonyl (C=O) groups is 4. The van der Waals surface area contributed by atoms with Gasteiger partial charge in [-0.2, -0.15) is 5.01 Å². The molecule has 0 aromatic heterocycles. The Morgan fingerprint density at radius 3 is 2.31 bits per heavy atom. The van der Waals surface area contributed by atoms with E-state index in [-0.39, 0.29) is 44.0 Å². The number of piperazine rings is 1. The molecule has 2 heterocycles. The number of amides is 4. The summed E-state index contributed by atoms with van der Waals surface area (Å²) in [5, 5.41) is 8.58. The maximum Gasteiger partial charge on any atom is 0.343 e. The van der Waals surface area contributed by atoms with Crippen LogP contribution < -0.4 is 14.8 Å². The molecule has 4 amide bonds. The summed E-state index contributed by atoms with van der Waals surface area (Å²) in [4.78, 5) is 57.1. The number of benzene rings is 4.